The second kappa shape index (κ2) is 9.69. The van der Waals surface area contributed by atoms with Crippen LogP contribution in [-0.4, -0.2) is 27.6 Å². The standard InChI is InChI=1S/C28H25N3O6/c1-17-24(26(32)30(29-17)21-9-5-18(6-10-21)27(33)34)16-19-15-22(31(35)36)11-14-25(19)37-23-12-7-20(8-13-23)28(2,3)4/h5-16H,1-4H3,(H,33,34)/b24-16-. The van der Waals surface area contributed by atoms with Gasteiger partial charge in [0.25, 0.3) is 11.6 Å². The van der Waals surface area contributed by atoms with Crippen molar-refractivity contribution in [1.82, 2.24) is 0 Å². The maximum atomic E-state index is 13.2. The number of non-ortho nitro benzene ring substituents is 1. The molecule has 0 fully saturated rings. The van der Waals surface area contributed by atoms with Gasteiger partial charge in [0.05, 0.1) is 27.5 Å². The first-order valence-electron chi connectivity index (χ1n) is 11.5. The van der Waals surface area contributed by atoms with Crippen molar-refractivity contribution in [2.75, 3.05) is 5.01 Å². The fourth-order valence-corrected chi connectivity index (χ4v) is 3.77. The number of hydrogen-bond acceptors (Lipinski definition) is 6. The molecular formula is C28H25N3O6. The van der Waals surface area contributed by atoms with Crippen LogP contribution in [-0.2, 0) is 10.2 Å². The van der Waals surface area contributed by atoms with E-state index in [0.29, 0.717) is 28.5 Å². The molecule has 0 bridgehead atoms. The molecule has 0 saturated heterocycles. The Labute approximate surface area is 213 Å². The largest absolute Gasteiger partial charge is 0.478 e. The van der Waals surface area contributed by atoms with E-state index in [1.54, 1.807) is 6.92 Å². The van der Waals surface area contributed by atoms with E-state index >= 15 is 0 Å². The van der Waals surface area contributed by atoms with Crippen LogP contribution in [0.25, 0.3) is 6.08 Å². The molecule has 1 amide bonds. The number of hydrazone groups is 1. The maximum absolute atomic E-state index is 13.2. The lowest BCUT2D eigenvalue weighted by molar-refractivity contribution is -0.384. The highest BCUT2D eigenvalue weighted by Crippen LogP contribution is 2.33. The van der Waals surface area contributed by atoms with E-state index in [9.17, 15) is 19.7 Å². The number of anilines is 1. The Hall–Kier alpha value is -4.79. The van der Waals surface area contributed by atoms with Gasteiger partial charge < -0.3 is 9.84 Å². The van der Waals surface area contributed by atoms with Crippen LogP contribution < -0.4 is 9.75 Å². The second-order valence-electron chi connectivity index (χ2n) is 9.57. The first-order chi connectivity index (χ1) is 17.4. The van der Waals surface area contributed by atoms with E-state index in [4.69, 9.17) is 9.84 Å². The zero-order chi connectivity index (χ0) is 26.9. The van der Waals surface area contributed by atoms with E-state index in [0.717, 1.165) is 10.6 Å². The summed E-state index contributed by atoms with van der Waals surface area (Å²) in [6, 6.07) is 17.5. The molecule has 0 spiro atoms. The highest BCUT2D eigenvalue weighted by Gasteiger charge is 2.29. The third-order valence-electron chi connectivity index (χ3n) is 5.87. The van der Waals surface area contributed by atoms with Crippen LogP contribution in [0.1, 0.15) is 49.2 Å². The molecule has 3 aromatic rings. The highest BCUT2D eigenvalue weighted by molar-refractivity contribution is 6.32. The van der Waals surface area contributed by atoms with Gasteiger partial charge in [0.15, 0.2) is 0 Å². The van der Waals surface area contributed by atoms with Gasteiger partial charge in [0.2, 0.25) is 0 Å². The molecule has 1 N–H and O–H groups in total. The molecule has 0 radical (unpaired) electrons. The Morgan fingerprint density at radius 2 is 1.70 bits per heavy atom. The molecular weight excluding hydrogens is 474 g/mol. The Kier molecular flexibility index (Phi) is 6.63. The summed E-state index contributed by atoms with van der Waals surface area (Å²) in [6.07, 6.45) is 1.51. The molecule has 9 nitrogen and oxygen atoms in total. The minimum absolute atomic E-state index is 0.0268. The fraction of sp³-hybridized carbons (Fsp3) is 0.179. The van der Waals surface area contributed by atoms with Gasteiger partial charge in [-0.3, -0.25) is 14.9 Å². The van der Waals surface area contributed by atoms with Crippen molar-refractivity contribution >= 4 is 35.0 Å². The molecule has 0 saturated carbocycles. The van der Waals surface area contributed by atoms with Gasteiger partial charge in [-0.1, -0.05) is 32.9 Å². The zero-order valence-corrected chi connectivity index (χ0v) is 20.8. The van der Waals surface area contributed by atoms with Crippen molar-refractivity contribution in [3.05, 3.63) is 99.1 Å². The average molecular weight is 500 g/mol. The third-order valence-corrected chi connectivity index (χ3v) is 5.87. The lowest BCUT2D eigenvalue weighted by Gasteiger charge is -2.19. The number of nitro benzene ring substituents is 1. The summed E-state index contributed by atoms with van der Waals surface area (Å²) in [5, 5.41) is 26.0. The van der Waals surface area contributed by atoms with E-state index < -0.39 is 16.8 Å². The Morgan fingerprint density at radius 1 is 1.05 bits per heavy atom. The number of nitro groups is 1. The molecule has 0 aliphatic carbocycles. The van der Waals surface area contributed by atoms with Crippen molar-refractivity contribution in [3.63, 3.8) is 0 Å². The summed E-state index contributed by atoms with van der Waals surface area (Å²) in [6.45, 7) is 7.97. The van der Waals surface area contributed by atoms with Crippen molar-refractivity contribution in [1.29, 1.82) is 0 Å². The zero-order valence-electron chi connectivity index (χ0n) is 20.8. The van der Waals surface area contributed by atoms with Crippen LogP contribution in [0.5, 0.6) is 11.5 Å². The van der Waals surface area contributed by atoms with Crippen LogP contribution in [0, 0.1) is 10.1 Å². The van der Waals surface area contributed by atoms with Gasteiger partial charge in [-0.05, 0) is 66.4 Å². The smallest absolute Gasteiger partial charge is 0.335 e. The monoisotopic (exact) mass is 499 g/mol. The Balaban J connectivity index is 1.68. The van der Waals surface area contributed by atoms with Gasteiger partial charge in [0.1, 0.15) is 11.5 Å². The fourth-order valence-electron chi connectivity index (χ4n) is 3.77. The van der Waals surface area contributed by atoms with Gasteiger partial charge in [-0.25, -0.2) is 4.79 Å². The third kappa shape index (κ3) is 5.40. The van der Waals surface area contributed by atoms with E-state index in [1.807, 2.05) is 24.3 Å². The Bertz CT molecular complexity index is 1450. The quantitative estimate of drug-likeness (QED) is 0.245. The van der Waals surface area contributed by atoms with Crippen LogP contribution in [0.15, 0.2) is 77.4 Å². The topological polar surface area (TPSA) is 122 Å². The summed E-state index contributed by atoms with van der Waals surface area (Å²) in [5.74, 6) is -0.644. The van der Waals surface area contributed by atoms with Crippen molar-refractivity contribution in [2.24, 2.45) is 5.10 Å². The molecule has 1 aliphatic heterocycles. The van der Waals surface area contributed by atoms with Crippen LogP contribution in [0.3, 0.4) is 0 Å². The average Bonchev–Trinajstić information content (AvgIpc) is 3.13. The molecule has 0 unspecified atom stereocenters. The molecule has 0 aromatic heterocycles. The number of ether oxygens (including phenoxy) is 1. The number of carboxylic acid groups (broad SMARTS) is 1. The number of nitrogens with zero attached hydrogens (tertiary/aromatic N) is 3. The number of carbonyl (C=O) groups is 2. The Morgan fingerprint density at radius 3 is 2.27 bits per heavy atom. The SMILES string of the molecule is CC1=NN(c2ccc(C(=O)O)cc2)C(=O)/C1=C\c1cc([N+](=O)[O-])ccc1Oc1ccc(C(C)(C)C)cc1. The summed E-state index contributed by atoms with van der Waals surface area (Å²) < 4.78 is 6.05. The van der Waals surface area contributed by atoms with Gasteiger partial charge in [0, 0.05) is 17.7 Å². The van der Waals surface area contributed by atoms with E-state index in [2.05, 4.69) is 25.9 Å². The number of carbonyl (C=O) groups excluding carboxylic acids is 1. The summed E-state index contributed by atoms with van der Waals surface area (Å²) >= 11 is 0. The van der Waals surface area contributed by atoms with Gasteiger partial charge >= 0.3 is 5.97 Å². The number of aromatic carboxylic acids is 1. The van der Waals surface area contributed by atoms with Crippen LogP contribution in [0.2, 0.25) is 0 Å². The highest BCUT2D eigenvalue weighted by atomic mass is 16.6. The molecule has 4 rings (SSSR count). The normalized spacial score (nSPS) is 14.6. The first-order valence-corrected chi connectivity index (χ1v) is 11.5. The number of amides is 1. The van der Waals surface area contributed by atoms with Crippen molar-refractivity contribution in [3.8, 4) is 11.5 Å². The minimum Gasteiger partial charge on any atom is -0.478 e. The lowest BCUT2D eigenvalue weighted by atomic mass is 9.87. The lowest BCUT2D eigenvalue weighted by Crippen LogP contribution is -2.21. The molecule has 37 heavy (non-hydrogen) atoms. The molecule has 0 atom stereocenters. The van der Waals surface area contributed by atoms with E-state index in [-0.39, 0.29) is 22.2 Å². The number of hydrogen-bond donors (Lipinski definition) is 1. The summed E-state index contributed by atoms with van der Waals surface area (Å²) in [7, 11) is 0. The minimum atomic E-state index is -1.08. The van der Waals surface area contributed by atoms with Crippen LogP contribution >= 0.6 is 0 Å². The summed E-state index contributed by atoms with van der Waals surface area (Å²) in [5.41, 5.74) is 2.41. The predicted molar refractivity (Wildman–Crippen MR) is 140 cm³/mol. The van der Waals surface area contributed by atoms with Gasteiger partial charge in [-0.15, -0.1) is 0 Å². The first kappa shape index (κ1) is 25.3. The second-order valence-corrected chi connectivity index (χ2v) is 9.57. The molecule has 9 heteroatoms. The molecule has 188 valence electrons. The number of carboxylic acids is 1. The summed E-state index contributed by atoms with van der Waals surface area (Å²) in [4.78, 5) is 35.3. The van der Waals surface area contributed by atoms with E-state index in [1.165, 1.54) is 48.5 Å². The van der Waals surface area contributed by atoms with Crippen LogP contribution in [0.4, 0.5) is 11.4 Å². The predicted octanol–water partition coefficient (Wildman–Crippen LogP) is 6.19. The van der Waals surface area contributed by atoms with Gasteiger partial charge in [-0.2, -0.15) is 10.1 Å². The number of rotatable bonds is 6. The number of benzene rings is 3. The van der Waals surface area contributed by atoms with Crippen molar-refractivity contribution in [2.45, 2.75) is 33.1 Å². The molecule has 1 aliphatic rings. The maximum Gasteiger partial charge on any atom is 0.335 e. The molecule has 3 aromatic carbocycles. The van der Waals surface area contributed by atoms with Crippen molar-refractivity contribution < 1.29 is 24.4 Å². The molecule has 1 heterocycles.